The topological polar surface area (TPSA) is 49.8 Å². The van der Waals surface area contributed by atoms with Crippen molar-refractivity contribution in [1.29, 1.82) is 0 Å². The molecule has 1 aromatic rings. The molecular formula is C11H15NO3S. The lowest BCUT2D eigenvalue weighted by molar-refractivity contribution is -0.0184. The minimum atomic E-state index is -0.208. The predicted molar refractivity (Wildman–Crippen MR) is 61.8 cm³/mol. The van der Waals surface area contributed by atoms with E-state index in [1.807, 2.05) is 17.7 Å². The Balaban J connectivity index is 2.17. The van der Waals surface area contributed by atoms with Crippen LogP contribution in [0.2, 0.25) is 0 Å². The summed E-state index contributed by atoms with van der Waals surface area (Å²) in [6.07, 6.45) is 0. The van der Waals surface area contributed by atoms with Crippen LogP contribution in [0.5, 0.6) is 0 Å². The molecule has 1 unspecified atom stereocenters. The monoisotopic (exact) mass is 241 g/mol. The van der Waals surface area contributed by atoms with Gasteiger partial charge in [-0.15, -0.1) is 0 Å². The van der Waals surface area contributed by atoms with Crippen LogP contribution in [0.15, 0.2) is 10.8 Å². The number of carbonyl (C=O) groups is 1. The normalized spacial score (nSPS) is 21.1. The van der Waals surface area contributed by atoms with Crippen LogP contribution >= 0.6 is 11.3 Å². The fourth-order valence-corrected chi connectivity index (χ4v) is 2.63. The zero-order valence-electron chi connectivity index (χ0n) is 9.18. The zero-order valence-corrected chi connectivity index (χ0v) is 10.00. The Morgan fingerprint density at radius 3 is 3.12 bits per heavy atom. The van der Waals surface area contributed by atoms with Gasteiger partial charge in [0.2, 0.25) is 0 Å². The summed E-state index contributed by atoms with van der Waals surface area (Å²) in [5, 5.41) is 13.0. The molecule has 1 fully saturated rings. The van der Waals surface area contributed by atoms with Gasteiger partial charge in [0.25, 0.3) is 5.91 Å². The molecular weight excluding hydrogens is 226 g/mol. The number of aliphatic hydroxyl groups excluding tert-OH is 1. The maximum atomic E-state index is 12.2. The van der Waals surface area contributed by atoms with Crippen molar-refractivity contribution >= 4 is 17.2 Å². The van der Waals surface area contributed by atoms with E-state index >= 15 is 0 Å². The average Bonchev–Trinajstić information content (AvgIpc) is 2.74. The minimum Gasteiger partial charge on any atom is -0.394 e. The molecule has 0 spiro atoms. The number of thiophene rings is 1. The number of morpholine rings is 1. The van der Waals surface area contributed by atoms with Crippen molar-refractivity contribution in [2.45, 2.75) is 13.0 Å². The van der Waals surface area contributed by atoms with Gasteiger partial charge in [0.1, 0.15) is 0 Å². The SMILES string of the molecule is Cc1cscc1C(=O)N1CCOCC1CO. The lowest BCUT2D eigenvalue weighted by atomic mass is 10.1. The third kappa shape index (κ3) is 2.11. The molecule has 4 nitrogen and oxygen atoms in total. The molecule has 1 N–H and O–H groups in total. The summed E-state index contributed by atoms with van der Waals surface area (Å²) in [5.41, 5.74) is 1.74. The van der Waals surface area contributed by atoms with Gasteiger partial charge in [-0.1, -0.05) is 0 Å². The van der Waals surface area contributed by atoms with Crippen molar-refractivity contribution in [2.24, 2.45) is 0 Å². The number of hydrogen-bond acceptors (Lipinski definition) is 4. The van der Waals surface area contributed by atoms with Gasteiger partial charge in [0.05, 0.1) is 31.4 Å². The van der Waals surface area contributed by atoms with Gasteiger partial charge in [0.15, 0.2) is 0 Å². The van der Waals surface area contributed by atoms with Crippen LogP contribution in [0.1, 0.15) is 15.9 Å². The molecule has 88 valence electrons. The molecule has 0 bridgehead atoms. The quantitative estimate of drug-likeness (QED) is 0.836. The highest BCUT2D eigenvalue weighted by molar-refractivity contribution is 7.08. The zero-order chi connectivity index (χ0) is 11.5. The standard InChI is InChI=1S/C11H15NO3S/c1-8-6-16-7-10(8)11(14)12-2-3-15-5-9(12)4-13/h6-7,9,13H,2-5H2,1H3. The van der Waals surface area contributed by atoms with Crippen molar-refractivity contribution in [3.05, 3.63) is 21.9 Å². The summed E-state index contributed by atoms with van der Waals surface area (Å²) in [6, 6.07) is -0.208. The summed E-state index contributed by atoms with van der Waals surface area (Å²) in [4.78, 5) is 13.9. The van der Waals surface area contributed by atoms with E-state index in [9.17, 15) is 9.90 Å². The fraction of sp³-hybridized carbons (Fsp3) is 0.545. The number of aryl methyl sites for hydroxylation is 1. The number of hydrogen-bond donors (Lipinski definition) is 1. The van der Waals surface area contributed by atoms with E-state index in [2.05, 4.69) is 0 Å². The molecule has 5 heteroatoms. The Morgan fingerprint density at radius 2 is 2.50 bits per heavy atom. The number of carbonyl (C=O) groups excluding carboxylic acids is 1. The first-order valence-electron chi connectivity index (χ1n) is 5.26. The number of ether oxygens (including phenoxy) is 1. The summed E-state index contributed by atoms with van der Waals surface area (Å²) in [7, 11) is 0. The lowest BCUT2D eigenvalue weighted by Crippen LogP contribution is -2.50. The van der Waals surface area contributed by atoms with Crippen molar-refractivity contribution in [3.63, 3.8) is 0 Å². The van der Waals surface area contributed by atoms with Gasteiger partial charge < -0.3 is 14.7 Å². The molecule has 1 aromatic heterocycles. The van der Waals surface area contributed by atoms with Crippen molar-refractivity contribution < 1.29 is 14.6 Å². The molecule has 1 amide bonds. The molecule has 16 heavy (non-hydrogen) atoms. The Kier molecular flexibility index (Phi) is 3.58. The summed E-state index contributed by atoms with van der Waals surface area (Å²) in [5.74, 6) is 0.00102. The van der Waals surface area contributed by atoms with E-state index in [-0.39, 0.29) is 18.6 Å². The first kappa shape index (κ1) is 11.6. The van der Waals surface area contributed by atoms with Crippen LogP contribution in [0.25, 0.3) is 0 Å². The Labute approximate surface area is 98.4 Å². The third-order valence-corrected chi connectivity index (χ3v) is 3.65. The number of amides is 1. The van der Waals surface area contributed by atoms with E-state index in [0.717, 1.165) is 11.1 Å². The van der Waals surface area contributed by atoms with Crippen LogP contribution in [-0.4, -0.2) is 48.3 Å². The van der Waals surface area contributed by atoms with Crippen LogP contribution in [0, 0.1) is 6.92 Å². The molecule has 1 saturated heterocycles. The number of aliphatic hydroxyl groups is 1. The van der Waals surface area contributed by atoms with Gasteiger partial charge >= 0.3 is 0 Å². The Hall–Kier alpha value is -0.910. The number of rotatable bonds is 2. The predicted octanol–water partition coefficient (Wildman–Crippen LogP) is 0.890. The molecule has 1 aliphatic rings. The Bertz CT molecular complexity index is 377. The largest absolute Gasteiger partial charge is 0.394 e. The first-order valence-corrected chi connectivity index (χ1v) is 6.20. The molecule has 0 radical (unpaired) electrons. The smallest absolute Gasteiger partial charge is 0.255 e. The van der Waals surface area contributed by atoms with Crippen LogP contribution in [0.3, 0.4) is 0 Å². The van der Waals surface area contributed by atoms with E-state index in [4.69, 9.17) is 4.74 Å². The molecule has 2 heterocycles. The summed E-state index contributed by atoms with van der Waals surface area (Å²) < 4.78 is 5.25. The van der Waals surface area contributed by atoms with Gasteiger partial charge in [0, 0.05) is 11.9 Å². The molecule has 2 rings (SSSR count). The maximum Gasteiger partial charge on any atom is 0.255 e. The van der Waals surface area contributed by atoms with Gasteiger partial charge in [-0.3, -0.25) is 4.79 Å². The van der Waals surface area contributed by atoms with Gasteiger partial charge in [-0.05, 0) is 17.9 Å². The van der Waals surface area contributed by atoms with E-state index in [0.29, 0.717) is 19.8 Å². The van der Waals surface area contributed by atoms with Gasteiger partial charge in [-0.25, -0.2) is 0 Å². The van der Waals surface area contributed by atoms with Crippen LogP contribution in [0.4, 0.5) is 0 Å². The van der Waals surface area contributed by atoms with E-state index in [1.165, 1.54) is 11.3 Å². The minimum absolute atomic E-state index is 0.00102. The van der Waals surface area contributed by atoms with Crippen molar-refractivity contribution in [1.82, 2.24) is 4.90 Å². The molecule has 0 saturated carbocycles. The second kappa shape index (κ2) is 4.95. The van der Waals surface area contributed by atoms with Gasteiger partial charge in [-0.2, -0.15) is 11.3 Å². The highest BCUT2D eigenvalue weighted by atomic mass is 32.1. The molecule has 0 aromatic carbocycles. The van der Waals surface area contributed by atoms with E-state index in [1.54, 1.807) is 4.90 Å². The lowest BCUT2D eigenvalue weighted by Gasteiger charge is -2.34. The molecule has 1 aliphatic heterocycles. The van der Waals surface area contributed by atoms with Crippen LogP contribution in [-0.2, 0) is 4.74 Å². The second-order valence-corrected chi connectivity index (χ2v) is 4.62. The highest BCUT2D eigenvalue weighted by Gasteiger charge is 2.28. The molecule has 1 atom stereocenters. The molecule has 0 aliphatic carbocycles. The first-order chi connectivity index (χ1) is 7.74. The summed E-state index contributed by atoms with van der Waals surface area (Å²) >= 11 is 1.53. The highest BCUT2D eigenvalue weighted by Crippen LogP contribution is 2.18. The average molecular weight is 241 g/mol. The van der Waals surface area contributed by atoms with Crippen LogP contribution < -0.4 is 0 Å². The van der Waals surface area contributed by atoms with Crippen molar-refractivity contribution in [3.8, 4) is 0 Å². The van der Waals surface area contributed by atoms with Crippen molar-refractivity contribution in [2.75, 3.05) is 26.4 Å². The second-order valence-electron chi connectivity index (χ2n) is 3.88. The fourth-order valence-electron chi connectivity index (χ4n) is 1.81. The number of nitrogens with zero attached hydrogens (tertiary/aromatic N) is 1. The maximum absolute atomic E-state index is 12.2. The van der Waals surface area contributed by atoms with E-state index < -0.39 is 0 Å². The Morgan fingerprint density at radius 1 is 1.69 bits per heavy atom. The summed E-state index contributed by atoms with van der Waals surface area (Å²) in [6.45, 7) is 3.41. The third-order valence-electron chi connectivity index (χ3n) is 2.79.